The van der Waals surface area contributed by atoms with Crippen LogP contribution in [0.25, 0.3) is 11.4 Å². The lowest BCUT2D eigenvalue weighted by molar-refractivity contribution is 0.102. The molecule has 1 aliphatic heterocycles. The number of piperidine rings is 1. The first-order valence-corrected chi connectivity index (χ1v) is 11.3. The molecule has 1 amide bonds. The van der Waals surface area contributed by atoms with Crippen molar-refractivity contribution < 1.29 is 4.79 Å². The number of carbonyl (C=O) groups excluding carboxylic acids is 1. The van der Waals surface area contributed by atoms with E-state index in [1.165, 1.54) is 19.3 Å². The summed E-state index contributed by atoms with van der Waals surface area (Å²) < 4.78 is 0. The van der Waals surface area contributed by atoms with Crippen LogP contribution in [0.1, 0.15) is 54.9 Å². The summed E-state index contributed by atoms with van der Waals surface area (Å²) in [5, 5.41) is 2.74. The summed E-state index contributed by atoms with van der Waals surface area (Å²) in [4.78, 5) is 39.4. The summed E-state index contributed by atoms with van der Waals surface area (Å²) in [5.74, 6) is 0.217. The van der Waals surface area contributed by atoms with E-state index in [1.807, 2.05) is 32.0 Å². The normalized spacial score (nSPS) is 13.8. The molecule has 0 bridgehead atoms. The summed E-state index contributed by atoms with van der Waals surface area (Å²) in [6, 6.07) is 11.2. The Kier molecular flexibility index (Phi) is 6.63. The lowest BCUT2D eigenvalue weighted by atomic mass is 10.1. The van der Waals surface area contributed by atoms with E-state index in [0.717, 1.165) is 43.0 Å². The molecule has 1 fully saturated rings. The van der Waals surface area contributed by atoms with Gasteiger partial charge in [0.05, 0.1) is 0 Å². The van der Waals surface area contributed by atoms with E-state index in [9.17, 15) is 9.59 Å². The van der Waals surface area contributed by atoms with Gasteiger partial charge in [0.2, 0.25) is 0 Å². The zero-order valence-electron chi connectivity index (χ0n) is 18.6. The van der Waals surface area contributed by atoms with Crippen LogP contribution < -0.4 is 15.8 Å². The van der Waals surface area contributed by atoms with Gasteiger partial charge in [0.15, 0.2) is 5.82 Å². The van der Waals surface area contributed by atoms with Crippen LogP contribution in [0.15, 0.2) is 47.4 Å². The molecule has 3 aromatic rings. The van der Waals surface area contributed by atoms with Crippen molar-refractivity contribution >= 4 is 17.3 Å². The molecule has 0 radical (unpaired) electrons. The van der Waals surface area contributed by atoms with E-state index < -0.39 is 0 Å². The van der Waals surface area contributed by atoms with Gasteiger partial charge in [0, 0.05) is 47.5 Å². The molecule has 0 saturated carbocycles. The highest BCUT2D eigenvalue weighted by molar-refractivity contribution is 6.04. The van der Waals surface area contributed by atoms with Crippen molar-refractivity contribution in [2.45, 2.75) is 46.0 Å². The average Bonchev–Trinajstić information content (AvgIpc) is 2.85. The molecular formula is C25H29N5O2. The van der Waals surface area contributed by atoms with E-state index >= 15 is 0 Å². The van der Waals surface area contributed by atoms with Gasteiger partial charge < -0.3 is 15.2 Å². The highest BCUT2D eigenvalue weighted by atomic mass is 16.2. The van der Waals surface area contributed by atoms with Crippen LogP contribution in [-0.2, 0) is 12.8 Å². The number of H-pyrrole nitrogens is 1. The van der Waals surface area contributed by atoms with Crippen LogP contribution in [0.2, 0.25) is 0 Å². The molecule has 7 heteroatoms. The third-order valence-electron chi connectivity index (χ3n) is 5.82. The minimum atomic E-state index is -0.366. The zero-order chi connectivity index (χ0) is 22.5. The SMILES string of the molecule is CCc1cc(CC)nc(-c2c[nH]c(=O)c(NC(=O)c3ccc(N4CCCCC4)cc3)c2)n1. The van der Waals surface area contributed by atoms with Gasteiger partial charge in [-0.3, -0.25) is 9.59 Å². The molecule has 2 N–H and O–H groups in total. The molecule has 1 aromatic carbocycles. The Morgan fingerprint density at radius 2 is 1.66 bits per heavy atom. The van der Waals surface area contributed by atoms with Gasteiger partial charge in [-0.15, -0.1) is 0 Å². The van der Waals surface area contributed by atoms with E-state index in [4.69, 9.17) is 0 Å². The molecule has 1 aliphatic rings. The van der Waals surface area contributed by atoms with E-state index in [0.29, 0.717) is 17.0 Å². The standard InChI is InChI=1S/C25H29N5O2/c1-3-19-15-20(4-2)28-23(27-19)18-14-22(25(32)26-16-18)29-24(31)17-8-10-21(11-9-17)30-12-6-5-7-13-30/h8-11,14-16H,3-7,12-13H2,1-2H3,(H,26,32)(H,29,31). The summed E-state index contributed by atoms with van der Waals surface area (Å²) in [6.45, 7) is 6.19. The second kappa shape index (κ2) is 9.77. The van der Waals surface area contributed by atoms with Crippen molar-refractivity contribution in [2.75, 3.05) is 23.3 Å². The third kappa shape index (κ3) is 4.88. The molecule has 32 heavy (non-hydrogen) atoms. The van der Waals surface area contributed by atoms with Crippen molar-refractivity contribution in [1.29, 1.82) is 0 Å². The van der Waals surface area contributed by atoms with Crippen molar-refractivity contribution in [3.05, 3.63) is 69.9 Å². The smallest absolute Gasteiger partial charge is 0.271 e. The quantitative estimate of drug-likeness (QED) is 0.610. The number of amides is 1. The van der Waals surface area contributed by atoms with Crippen LogP contribution >= 0.6 is 0 Å². The summed E-state index contributed by atoms with van der Waals surface area (Å²) in [6.07, 6.45) is 6.85. The maximum absolute atomic E-state index is 12.8. The Labute approximate surface area is 187 Å². The van der Waals surface area contributed by atoms with Crippen LogP contribution in [-0.4, -0.2) is 33.9 Å². The van der Waals surface area contributed by atoms with Gasteiger partial charge in [-0.05, 0) is 68.5 Å². The van der Waals surface area contributed by atoms with Gasteiger partial charge in [-0.2, -0.15) is 0 Å². The van der Waals surface area contributed by atoms with Crippen LogP contribution in [0.3, 0.4) is 0 Å². The lowest BCUT2D eigenvalue weighted by Crippen LogP contribution is -2.29. The van der Waals surface area contributed by atoms with Gasteiger partial charge in [0.1, 0.15) is 5.69 Å². The summed E-state index contributed by atoms with van der Waals surface area (Å²) in [5.41, 5.74) is 3.99. The van der Waals surface area contributed by atoms with E-state index in [-0.39, 0.29) is 17.2 Å². The van der Waals surface area contributed by atoms with E-state index in [1.54, 1.807) is 24.4 Å². The second-order valence-electron chi connectivity index (χ2n) is 8.06. The fraction of sp³-hybridized carbons (Fsp3) is 0.360. The molecule has 3 heterocycles. The first-order chi connectivity index (χ1) is 15.6. The maximum atomic E-state index is 12.8. The molecular weight excluding hydrogens is 402 g/mol. The number of aromatic amines is 1. The third-order valence-corrected chi connectivity index (χ3v) is 5.82. The monoisotopic (exact) mass is 431 g/mol. The largest absolute Gasteiger partial charge is 0.372 e. The Hall–Kier alpha value is -3.48. The molecule has 0 atom stereocenters. The molecule has 0 aliphatic carbocycles. The van der Waals surface area contributed by atoms with Gasteiger partial charge in [-0.1, -0.05) is 13.8 Å². The molecule has 4 rings (SSSR count). The average molecular weight is 432 g/mol. The van der Waals surface area contributed by atoms with Gasteiger partial charge in [0.25, 0.3) is 11.5 Å². The highest BCUT2D eigenvalue weighted by Gasteiger charge is 2.14. The lowest BCUT2D eigenvalue weighted by Gasteiger charge is -2.28. The van der Waals surface area contributed by atoms with Crippen LogP contribution in [0, 0.1) is 0 Å². The molecule has 0 unspecified atom stereocenters. The predicted molar refractivity (Wildman–Crippen MR) is 127 cm³/mol. The number of pyridine rings is 1. The number of hydrogen-bond acceptors (Lipinski definition) is 5. The minimum absolute atomic E-state index is 0.177. The van der Waals surface area contributed by atoms with Crippen molar-refractivity contribution in [3.8, 4) is 11.4 Å². The van der Waals surface area contributed by atoms with Crippen LogP contribution in [0.5, 0.6) is 0 Å². The number of anilines is 2. The first kappa shape index (κ1) is 21.7. The zero-order valence-corrected chi connectivity index (χ0v) is 18.6. The second-order valence-corrected chi connectivity index (χ2v) is 8.06. The predicted octanol–water partition coefficient (Wildman–Crippen LogP) is 4.20. The fourth-order valence-corrected chi connectivity index (χ4v) is 3.92. The molecule has 0 spiro atoms. The first-order valence-electron chi connectivity index (χ1n) is 11.3. The highest BCUT2D eigenvalue weighted by Crippen LogP contribution is 2.21. The number of benzene rings is 1. The molecule has 7 nitrogen and oxygen atoms in total. The summed E-state index contributed by atoms with van der Waals surface area (Å²) >= 11 is 0. The molecule has 2 aromatic heterocycles. The number of rotatable bonds is 6. The van der Waals surface area contributed by atoms with E-state index in [2.05, 4.69) is 25.2 Å². The number of nitrogens with one attached hydrogen (secondary N) is 2. The number of nitrogens with zero attached hydrogens (tertiary/aromatic N) is 3. The molecule has 166 valence electrons. The van der Waals surface area contributed by atoms with Crippen LogP contribution in [0.4, 0.5) is 11.4 Å². The van der Waals surface area contributed by atoms with Crippen molar-refractivity contribution in [3.63, 3.8) is 0 Å². The number of aromatic nitrogens is 3. The van der Waals surface area contributed by atoms with Gasteiger partial charge >= 0.3 is 0 Å². The summed E-state index contributed by atoms with van der Waals surface area (Å²) in [7, 11) is 0. The Morgan fingerprint density at radius 1 is 1.00 bits per heavy atom. The Balaban J connectivity index is 1.54. The number of carbonyl (C=O) groups is 1. The Morgan fingerprint density at radius 3 is 2.28 bits per heavy atom. The van der Waals surface area contributed by atoms with Crippen molar-refractivity contribution in [2.24, 2.45) is 0 Å². The Bertz CT molecular complexity index is 1130. The number of hydrogen-bond donors (Lipinski definition) is 2. The fourth-order valence-electron chi connectivity index (χ4n) is 3.92. The molecule has 1 saturated heterocycles. The van der Waals surface area contributed by atoms with Gasteiger partial charge in [-0.25, -0.2) is 9.97 Å². The number of aryl methyl sites for hydroxylation is 2. The maximum Gasteiger partial charge on any atom is 0.271 e. The van der Waals surface area contributed by atoms with Crippen molar-refractivity contribution in [1.82, 2.24) is 15.0 Å². The minimum Gasteiger partial charge on any atom is -0.372 e. The topological polar surface area (TPSA) is 91.0 Å².